The minimum atomic E-state index is 0.340. The van der Waals surface area contributed by atoms with Crippen molar-refractivity contribution < 1.29 is 4.79 Å². The van der Waals surface area contributed by atoms with Crippen LogP contribution in [-0.2, 0) is 0 Å². The van der Waals surface area contributed by atoms with Gasteiger partial charge in [0, 0.05) is 18.1 Å². The molecule has 0 saturated heterocycles. The Hall–Kier alpha value is -2.17. The number of nitrogens with zero attached hydrogens (tertiary/aromatic N) is 4. The Kier molecular flexibility index (Phi) is 2.68. The van der Waals surface area contributed by atoms with Crippen LogP contribution in [0.2, 0.25) is 0 Å². The van der Waals surface area contributed by atoms with Gasteiger partial charge < -0.3 is 0 Å². The molecular weight excluding hydrogens is 204 g/mol. The maximum atomic E-state index is 10.7. The molecule has 5 nitrogen and oxygen atoms in total. The van der Waals surface area contributed by atoms with Crippen LogP contribution in [0.25, 0.3) is 11.6 Å². The predicted molar refractivity (Wildman–Crippen MR) is 57.9 cm³/mol. The zero-order valence-electron chi connectivity index (χ0n) is 9.01. The van der Waals surface area contributed by atoms with Gasteiger partial charge >= 0.3 is 0 Å². The first-order valence-corrected chi connectivity index (χ1v) is 4.79. The highest BCUT2D eigenvalue weighted by Crippen LogP contribution is 2.10. The smallest absolute Gasteiger partial charge is 0.198 e. The molecule has 2 aromatic rings. The highest BCUT2D eigenvalue weighted by atomic mass is 16.1. The highest BCUT2D eigenvalue weighted by molar-refractivity contribution is 5.72. The van der Waals surface area contributed by atoms with Crippen LogP contribution in [0.3, 0.4) is 0 Å². The molecule has 0 spiro atoms. The van der Waals surface area contributed by atoms with E-state index in [1.165, 1.54) is 0 Å². The second-order valence-electron chi connectivity index (χ2n) is 3.46. The van der Waals surface area contributed by atoms with Crippen LogP contribution in [0.1, 0.15) is 21.7 Å². The van der Waals surface area contributed by atoms with Gasteiger partial charge in [-0.25, -0.2) is 19.9 Å². The summed E-state index contributed by atoms with van der Waals surface area (Å²) < 4.78 is 0. The molecule has 5 heteroatoms. The van der Waals surface area contributed by atoms with E-state index in [1.807, 2.05) is 6.92 Å². The lowest BCUT2D eigenvalue weighted by atomic mass is 10.3. The quantitative estimate of drug-likeness (QED) is 0.706. The van der Waals surface area contributed by atoms with Gasteiger partial charge in [-0.1, -0.05) is 0 Å². The number of aryl methyl sites for hydroxylation is 2. The van der Waals surface area contributed by atoms with Crippen molar-refractivity contribution in [3.8, 4) is 11.6 Å². The topological polar surface area (TPSA) is 68.6 Å². The molecule has 0 N–H and O–H groups in total. The molecule has 0 radical (unpaired) electrons. The molecule has 16 heavy (non-hydrogen) atoms. The van der Waals surface area contributed by atoms with E-state index >= 15 is 0 Å². The summed E-state index contributed by atoms with van der Waals surface area (Å²) in [7, 11) is 0. The molecule has 0 saturated carbocycles. The number of aromatic nitrogens is 4. The molecule has 2 heterocycles. The van der Waals surface area contributed by atoms with Crippen LogP contribution < -0.4 is 0 Å². The lowest BCUT2D eigenvalue weighted by Crippen LogP contribution is -2.00. The average molecular weight is 214 g/mol. The zero-order valence-corrected chi connectivity index (χ0v) is 9.01. The van der Waals surface area contributed by atoms with Crippen molar-refractivity contribution in [3.05, 3.63) is 35.4 Å². The van der Waals surface area contributed by atoms with Crippen LogP contribution in [0, 0.1) is 13.8 Å². The fourth-order valence-electron chi connectivity index (χ4n) is 1.26. The van der Waals surface area contributed by atoms with Crippen LogP contribution in [0.15, 0.2) is 18.5 Å². The molecule has 0 aliphatic rings. The Balaban J connectivity index is 2.51. The minimum Gasteiger partial charge on any atom is -0.296 e. The third-order valence-electron chi connectivity index (χ3n) is 1.98. The molecule has 0 aromatic carbocycles. The van der Waals surface area contributed by atoms with Crippen molar-refractivity contribution in [1.82, 2.24) is 19.9 Å². The van der Waals surface area contributed by atoms with Crippen LogP contribution in [0.5, 0.6) is 0 Å². The lowest BCUT2D eigenvalue weighted by Gasteiger charge is -2.01. The van der Waals surface area contributed by atoms with Gasteiger partial charge in [-0.05, 0) is 25.5 Å². The summed E-state index contributed by atoms with van der Waals surface area (Å²) in [5, 5.41) is 0. The van der Waals surface area contributed by atoms with Gasteiger partial charge in [0.25, 0.3) is 0 Å². The van der Waals surface area contributed by atoms with E-state index in [0.29, 0.717) is 23.6 Å². The van der Waals surface area contributed by atoms with Crippen molar-refractivity contribution in [2.45, 2.75) is 13.8 Å². The molecule has 0 amide bonds. The van der Waals surface area contributed by atoms with Gasteiger partial charge in [0.15, 0.2) is 17.9 Å². The maximum absolute atomic E-state index is 10.7. The molecule has 2 aromatic heterocycles. The predicted octanol–water partition coefficient (Wildman–Crippen LogP) is 1.36. The Bertz CT molecular complexity index is 522. The molecule has 0 fully saturated rings. The summed E-state index contributed by atoms with van der Waals surface area (Å²) in [6.07, 6.45) is 4.07. The van der Waals surface area contributed by atoms with E-state index in [2.05, 4.69) is 19.9 Å². The van der Waals surface area contributed by atoms with Gasteiger partial charge in [0.05, 0.1) is 0 Å². The molecule has 0 unspecified atom stereocenters. The van der Waals surface area contributed by atoms with E-state index in [1.54, 1.807) is 25.4 Å². The number of hydrogen-bond donors (Lipinski definition) is 0. The molecule has 80 valence electrons. The van der Waals surface area contributed by atoms with Crippen LogP contribution >= 0.6 is 0 Å². The van der Waals surface area contributed by atoms with Gasteiger partial charge in [-0.15, -0.1) is 0 Å². The van der Waals surface area contributed by atoms with Crippen molar-refractivity contribution >= 4 is 6.29 Å². The van der Waals surface area contributed by atoms with Crippen molar-refractivity contribution in [3.63, 3.8) is 0 Å². The van der Waals surface area contributed by atoms with Gasteiger partial charge in [-0.2, -0.15) is 0 Å². The average Bonchev–Trinajstić information content (AvgIpc) is 2.29. The summed E-state index contributed by atoms with van der Waals surface area (Å²) in [6, 6.07) is 1.62. The van der Waals surface area contributed by atoms with Crippen molar-refractivity contribution in [1.29, 1.82) is 0 Å². The lowest BCUT2D eigenvalue weighted by molar-refractivity contribution is 0.111. The van der Waals surface area contributed by atoms with Crippen molar-refractivity contribution in [2.75, 3.05) is 0 Å². The summed E-state index contributed by atoms with van der Waals surface area (Å²) >= 11 is 0. The fourth-order valence-corrected chi connectivity index (χ4v) is 1.26. The van der Waals surface area contributed by atoms with Gasteiger partial charge in [-0.3, -0.25) is 4.79 Å². The largest absolute Gasteiger partial charge is 0.296 e. The van der Waals surface area contributed by atoms with Gasteiger partial charge in [0.2, 0.25) is 0 Å². The van der Waals surface area contributed by atoms with Crippen molar-refractivity contribution in [2.24, 2.45) is 0 Å². The highest BCUT2D eigenvalue weighted by Gasteiger charge is 2.06. The molecule has 0 aliphatic heterocycles. The third kappa shape index (κ3) is 2.08. The second kappa shape index (κ2) is 4.14. The van der Waals surface area contributed by atoms with E-state index in [4.69, 9.17) is 0 Å². The maximum Gasteiger partial charge on any atom is 0.198 e. The molecule has 2 rings (SSSR count). The van der Waals surface area contributed by atoms with Crippen LogP contribution in [0.4, 0.5) is 0 Å². The van der Waals surface area contributed by atoms with E-state index in [-0.39, 0.29) is 0 Å². The monoisotopic (exact) mass is 214 g/mol. The first kappa shape index (κ1) is 10.4. The summed E-state index contributed by atoms with van der Waals surface area (Å²) in [5.74, 6) is 0.805. The standard InChI is InChI=1S/C11H10N4O/c1-7-4-12-10(13-5-7)11-14-8(2)3-9(6-16)15-11/h3-6H,1-2H3. The minimum absolute atomic E-state index is 0.340. The number of carbonyl (C=O) groups excluding carboxylic acids is 1. The first-order valence-electron chi connectivity index (χ1n) is 4.79. The Morgan fingerprint density at radius 3 is 2.38 bits per heavy atom. The SMILES string of the molecule is Cc1cnc(-c2nc(C)cc(C=O)n2)nc1. The number of hydrogen-bond acceptors (Lipinski definition) is 5. The Labute approximate surface area is 92.6 Å². The number of rotatable bonds is 2. The third-order valence-corrected chi connectivity index (χ3v) is 1.98. The molecule has 0 aliphatic carbocycles. The Morgan fingerprint density at radius 1 is 1.06 bits per heavy atom. The molecule has 0 atom stereocenters. The number of carbonyl (C=O) groups is 1. The Morgan fingerprint density at radius 2 is 1.75 bits per heavy atom. The first-order chi connectivity index (χ1) is 7.69. The fraction of sp³-hybridized carbons (Fsp3) is 0.182. The number of aldehydes is 1. The molecular formula is C11H10N4O. The summed E-state index contributed by atoms with van der Waals surface area (Å²) in [4.78, 5) is 27.1. The van der Waals surface area contributed by atoms with E-state index in [9.17, 15) is 4.79 Å². The normalized spacial score (nSPS) is 10.1. The second-order valence-corrected chi connectivity index (χ2v) is 3.46. The van der Waals surface area contributed by atoms with E-state index in [0.717, 1.165) is 11.3 Å². The van der Waals surface area contributed by atoms with E-state index < -0.39 is 0 Å². The zero-order chi connectivity index (χ0) is 11.5. The van der Waals surface area contributed by atoms with Gasteiger partial charge in [0.1, 0.15) is 5.69 Å². The van der Waals surface area contributed by atoms with Crippen LogP contribution in [-0.4, -0.2) is 26.2 Å². The molecule has 0 bridgehead atoms. The summed E-state index contributed by atoms with van der Waals surface area (Å²) in [5.41, 5.74) is 2.02. The summed E-state index contributed by atoms with van der Waals surface area (Å²) in [6.45, 7) is 3.70.